The van der Waals surface area contributed by atoms with E-state index in [1.54, 1.807) is 30.0 Å². The molecule has 3 aromatic carbocycles. The highest BCUT2D eigenvalue weighted by atomic mass is 16.5. The standard InChI is InChI=1S/C32H37N5O4/c1-21(2)19-36(32(39)33-26-14-13-25(40-5)17-29(26)41-6)20-31(38)34-30-18-27(24-10-8-7-9-11-24)35-37(30)28-15-12-22(3)16-23(28)4/h7-18,21H,19-20H2,1-6H3,(H,33,39)(H,34,38). The first kappa shape index (κ1) is 29.2. The predicted molar refractivity (Wildman–Crippen MR) is 162 cm³/mol. The van der Waals surface area contributed by atoms with Gasteiger partial charge in [-0.1, -0.05) is 61.9 Å². The highest BCUT2D eigenvalue weighted by Crippen LogP contribution is 2.30. The van der Waals surface area contributed by atoms with E-state index < -0.39 is 6.03 Å². The molecule has 0 aliphatic rings. The van der Waals surface area contributed by atoms with Crippen LogP contribution in [0.25, 0.3) is 16.9 Å². The molecule has 0 fully saturated rings. The second-order valence-electron chi connectivity index (χ2n) is 10.3. The van der Waals surface area contributed by atoms with Gasteiger partial charge < -0.3 is 25.0 Å². The smallest absolute Gasteiger partial charge is 0.322 e. The maximum absolute atomic E-state index is 13.4. The number of rotatable bonds is 10. The van der Waals surface area contributed by atoms with Crippen LogP contribution in [-0.2, 0) is 4.79 Å². The van der Waals surface area contributed by atoms with Gasteiger partial charge in [0.2, 0.25) is 5.91 Å². The first-order valence-corrected chi connectivity index (χ1v) is 13.5. The summed E-state index contributed by atoms with van der Waals surface area (Å²) < 4.78 is 12.4. The first-order valence-electron chi connectivity index (χ1n) is 13.5. The second kappa shape index (κ2) is 13.0. The van der Waals surface area contributed by atoms with E-state index in [1.165, 1.54) is 12.0 Å². The largest absolute Gasteiger partial charge is 0.497 e. The molecule has 4 aromatic rings. The SMILES string of the molecule is COc1ccc(NC(=O)N(CC(=O)Nc2cc(-c3ccccc3)nn2-c2ccc(C)cc2C)CC(C)C)c(OC)c1. The molecule has 41 heavy (non-hydrogen) atoms. The van der Waals surface area contributed by atoms with Crippen molar-refractivity contribution in [3.63, 3.8) is 0 Å². The summed E-state index contributed by atoms with van der Waals surface area (Å²) >= 11 is 0. The minimum absolute atomic E-state index is 0.136. The number of anilines is 2. The summed E-state index contributed by atoms with van der Waals surface area (Å²) in [4.78, 5) is 28.3. The van der Waals surface area contributed by atoms with Crippen LogP contribution in [0.4, 0.5) is 16.3 Å². The first-order chi connectivity index (χ1) is 19.7. The number of urea groups is 1. The van der Waals surface area contributed by atoms with Crippen molar-refractivity contribution in [2.45, 2.75) is 27.7 Å². The Hall–Kier alpha value is -4.79. The van der Waals surface area contributed by atoms with Crippen LogP contribution in [0, 0.1) is 19.8 Å². The Labute approximate surface area is 241 Å². The topological polar surface area (TPSA) is 97.7 Å². The van der Waals surface area contributed by atoms with Gasteiger partial charge in [0.25, 0.3) is 0 Å². The van der Waals surface area contributed by atoms with Gasteiger partial charge in [0, 0.05) is 24.2 Å². The molecule has 0 saturated heterocycles. The highest BCUT2D eigenvalue weighted by molar-refractivity contribution is 5.97. The summed E-state index contributed by atoms with van der Waals surface area (Å²) in [6, 6.07) is 22.4. The zero-order valence-electron chi connectivity index (χ0n) is 24.4. The third-order valence-corrected chi connectivity index (χ3v) is 6.48. The number of methoxy groups -OCH3 is 2. The Morgan fingerprint density at radius 1 is 0.927 bits per heavy atom. The van der Waals surface area contributed by atoms with Gasteiger partial charge in [0.1, 0.15) is 23.9 Å². The maximum atomic E-state index is 13.4. The molecule has 0 aliphatic heterocycles. The number of benzene rings is 3. The van der Waals surface area contributed by atoms with E-state index in [1.807, 2.05) is 76.2 Å². The molecule has 0 radical (unpaired) electrons. The number of hydrogen-bond acceptors (Lipinski definition) is 5. The van der Waals surface area contributed by atoms with Crippen molar-refractivity contribution in [3.8, 4) is 28.4 Å². The molecular formula is C32H37N5O4. The summed E-state index contributed by atoms with van der Waals surface area (Å²) in [5, 5.41) is 10.7. The molecule has 0 aliphatic carbocycles. The molecule has 214 valence electrons. The number of ether oxygens (including phenoxy) is 2. The van der Waals surface area contributed by atoms with Crippen LogP contribution in [0.1, 0.15) is 25.0 Å². The molecule has 3 amide bonds. The maximum Gasteiger partial charge on any atom is 0.322 e. The van der Waals surface area contributed by atoms with Crippen LogP contribution in [0.2, 0.25) is 0 Å². The summed E-state index contributed by atoms with van der Waals surface area (Å²) in [6.45, 7) is 8.26. The van der Waals surface area contributed by atoms with Gasteiger partial charge in [-0.05, 0) is 43.5 Å². The minimum Gasteiger partial charge on any atom is -0.497 e. The zero-order chi connectivity index (χ0) is 29.5. The Morgan fingerprint density at radius 2 is 1.68 bits per heavy atom. The van der Waals surface area contributed by atoms with Crippen LogP contribution in [0.3, 0.4) is 0 Å². The lowest BCUT2D eigenvalue weighted by Gasteiger charge is -2.25. The monoisotopic (exact) mass is 555 g/mol. The normalized spacial score (nSPS) is 10.8. The average Bonchev–Trinajstić information content (AvgIpc) is 3.36. The van der Waals surface area contributed by atoms with E-state index in [-0.39, 0.29) is 18.4 Å². The fourth-order valence-corrected chi connectivity index (χ4v) is 4.56. The van der Waals surface area contributed by atoms with E-state index in [0.717, 1.165) is 28.1 Å². The summed E-state index contributed by atoms with van der Waals surface area (Å²) in [5.41, 5.74) is 5.16. The Bertz CT molecular complexity index is 1510. The molecular weight excluding hydrogens is 518 g/mol. The van der Waals surface area contributed by atoms with E-state index in [9.17, 15) is 9.59 Å². The third kappa shape index (κ3) is 7.25. The predicted octanol–water partition coefficient (Wildman–Crippen LogP) is 6.30. The molecule has 1 heterocycles. The van der Waals surface area contributed by atoms with Gasteiger partial charge >= 0.3 is 6.03 Å². The van der Waals surface area contributed by atoms with Crippen molar-refractivity contribution in [2.75, 3.05) is 37.9 Å². The lowest BCUT2D eigenvalue weighted by molar-refractivity contribution is -0.116. The lowest BCUT2D eigenvalue weighted by Crippen LogP contribution is -2.42. The van der Waals surface area contributed by atoms with Gasteiger partial charge in [-0.3, -0.25) is 4.79 Å². The van der Waals surface area contributed by atoms with Gasteiger partial charge in [0.05, 0.1) is 31.3 Å². The van der Waals surface area contributed by atoms with Crippen LogP contribution in [0.15, 0.2) is 72.8 Å². The van der Waals surface area contributed by atoms with Crippen molar-refractivity contribution in [2.24, 2.45) is 5.92 Å². The molecule has 0 bridgehead atoms. The number of carbonyl (C=O) groups excluding carboxylic acids is 2. The highest BCUT2D eigenvalue weighted by Gasteiger charge is 2.22. The van der Waals surface area contributed by atoms with Gasteiger partial charge in [-0.15, -0.1) is 0 Å². The van der Waals surface area contributed by atoms with Crippen LogP contribution >= 0.6 is 0 Å². The van der Waals surface area contributed by atoms with Crippen LogP contribution in [0.5, 0.6) is 11.5 Å². The van der Waals surface area contributed by atoms with Crippen LogP contribution < -0.4 is 20.1 Å². The number of aromatic nitrogens is 2. The summed E-state index contributed by atoms with van der Waals surface area (Å²) in [6.07, 6.45) is 0. The van der Waals surface area contributed by atoms with E-state index in [2.05, 4.69) is 16.7 Å². The van der Waals surface area contributed by atoms with Gasteiger partial charge in [-0.2, -0.15) is 5.10 Å². The Balaban J connectivity index is 1.59. The third-order valence-electron chi connectivity index (χ3n) is 6.48. The lowest BCUT2D eigenvalue weighted by atomic mass is 10.1. The van der Waals surface area contributed by atoms with Crippen LogP contribution in [-0.4, -0.2) is 53.9 Å². The zero-order valence-corrected chi connectivity index (χ0v) is 24.4. The van der Waals surface area contributed by atoms with E-state index >= 15 is 0 Å². The molecule has 9 heteroatoms. The molecule has 9 nitrogen and oxygen atoms in total. The fourth-order valence-electron chi connectivity index (χ4n) is 4.56. The quantitative estimate of drug-likeness (QED) is 0.239. The molecule has 4 rings (SSSR count). The molecule has 0 atom stereocenters. The number of hydrogen-bond donors (Lipinski definition) is 2. The van der Waals surface area contributed by atoms with Crippen molar-refractivity contribution in [1.29, 1.82) is 0 Å². The van der Waals surface area contributed by atoms with Gasteiger partial charge in [-0.25, -0.2) is 9.48 Å². The molecule has 2 N–H and O–H groups in total. The van der Waals surface area contributed by atoms with Crippen molar-refractivity contribution in [1.82, 2.24) is 14.7 Å². The number of nitrogens with zero attached hydrogens (tertiary/aromatic N) is 3. The molecule has 0 spiro atoms. The second-order valence-corrected chi connectivity index (χ2v) is 10.3. The average molecular weight is 556 g/mol. The van der Waals surface area contributed by atoms with Crippen molar-refractivity contribution in [3.05, 3.63) is 83.9 Å². The van der Waals surface area contributed by atoms with Crippen molar-refractivity contribution < 1.29 is 19.1 Å². The summed E-state index contributed by atoms with van der Waals surface area (Å²) in [5.74, 6) is 1.37. The molecule has 1 aromatic heterocycles. The number of nitrogens with one attached hydrogen (secondary N) is 2. The van der Waals surface area contributed by atoms with Gasteiger partial charge in [0.15, 0.2) is 0 Å². The molecule has 0 unspecified atom stereocenters. The van der Waals surface area contributed by atoms with E-state index in [4.69, 9.17) is 14.6 Å². The molecule has 0 saturated carbocycles. The summed E-state index contributed by atoms with van der Waals surface area (Å²) in [7, 11) is 3.08. The number of aryl methyl sites for hydroxylation is 2. The number of amides is 3. The number of carbonyl (C=O) groups is 2. The minimum atomic E-state index is -0.412. The van der Waals surface area contributed by atoms with E-state index in [0.29, 0.717) is 29.5 Å². The fraction of sp³-hybridized carbons (Fsp3) is 0.281. The Morgan fingerprint density at radius 3 is 2.34 bits per heavy atom. The van der Waals surface area contributed by atoms with Crippen molar-refractivity contribution >= 4 is 23.4 Å². The Kier molecular flexibility index (Phi) is 9.29.